The van der Waals surface area contributed by atoms with Gasteiger partial charge >= 0.3 is 0 Å². The first-order chi connectivity index (χ1) is 6.29. The summed E-state index contributed by atoms with van der Waals surface area (Å²) in [5.41, 5.74) is 0.194. The van der Waals surface area contributed by atoms with Crippen molar-refractivity contribution >= 4 is 12.4 Å². The van der Waals surface area contributed by atoms with Crippen molar-refractivity contribution in [3.05, 3.63) is 35.4 Å². The van der Waals surface area contributed by atoms with Gasteiger partial charge in [0.2, 0.25) is 0 Å². The van der Waals surface area contributed by atoms with Crippen LogP contribution in [0.5, 0.6) is 0 Å². The molecule has 4 heteroatoms. The summed E-state index contributed by atoms with van der Waals surface area (Å²) in [6, 6.07) is 3.86. The molecule has 2 rings (SSSR count). The van der Waals surface area contributed by atoms with Crippen LogP contribution in [0, 0.1) is 11.6 Å². The van der Waals surface area contributed by atoms with Crippen molar-refractivity contribution in [2.24, 2.45) is 0 Å². The molecule has 14 heavy (non-hydrogen) atoms. The maximum atomic E-state index is 13.2. The monoisotopic (exact) mass is 219 g/mol. The lowest BCUT2D eigenvalue weighted by Gasteiger charge is -2.12. The number of benzene rings is 1. The van der Waals surface area contributed by atoms with Gasteiger partial charge in [-0.1, -0.05) is 6.07 Å². The molecule has 1 nitrogen and oxygen atoms in total. The van der Waals surface area contributed by atoms with E-state index >= 15 is 0 Å². The molecule has 0 amide bonds. The Kier molecular flexibility index (Phi) is 3.84. The lowest BCUT2D eigenvalue weighted by Crippen LogP contribution is -2.15. The standard InChI is InChI=1S/C10H11F2N.ClH/c11-7-3-1-4-8(12)10(7)9-5-2-6-13-9;/h1,3-4,9,13H,2,5-6H2;1H/t9-;/m1./s1. The number of nitrogens with one attached hydrogen (secondary N) is 1. The van der Waals surface area contributed by atoms with Crippen molar-refractivity contribution in [3.8, 4) is 0 Å². The van der Waals surface area contributed by atoms with Crippen LogP contribution in [-0.2, 0) is 0 Å². The molecule has 1 atom stereocenters. The quantitative estimate of drug-likeness (QED) is 0.766. The van der Waals surface area contributed by atoms with Crippen LogP contribution in [-0.4, -0.2) is 6.54 Å². The third-order valence-corrected chi connectivity index (χ3v) is 2.41. The highest BCUT2D eigenvalue weighted by molar-refractivity contribution is 5.85. The molecule has 78 valence electrons. The molecule has 0 saturated carbocycles. The number of halogens is 3. The van der Waals surface area contributed by atoms with Gasteiger partial charge in [0.05, 0.1) is 0 Å². The first kappa shape index (κ1) is 11.4. The van der Waals surface area contributed by atoms with Crippen LogP contribution < -0.4 is 5.32 Å². The molecule has 1 aliphatic rings. The number of rotatable bonds is 1. The van der Waals surface area contributed by atoms with E-state index in [4.69, 9.17) is 0 Å². The normalized spacial score (nSPS) is 20.6. The number of hydrogen-bond acceptors (Lipinski definition) is 1. The van der Waals surface area contributed by atoms with E-state index in [9.17, 15) is 8.78 Å². The minimum Gasteiger partial charge on any atom is -0.310 e. The summed E-state index contributed by atoms with van der Waals surface area (Å²) < 4.78 is 26.4. The molecule has 1 aromatic rings. The Hall–Kier alpha value is -0.670. The van der Waals surface area contributed by atoms with Crippen LogP contribution in [0.15, 0.2) is 18.2 Å². The van der Waals surface area contributed by atoms with Gasteiger partial charge in [-0.05, 0) is 31.5 Å². The van der Waals surface area contributed by atoms with E-state index in [1.807, 2.05) is 0 Å². The van der Waals surface area contributed by atoms with Gasteiger partial charge in [-0.3, -0.25) is 0 Å². The Bertz CT molecular complexity index is 291. The molecule has 0 aliphatic carbocycles. The van der Waals surface area contributed by atoms with E-state index in [0.29, 0.717) is 0 Å². The van der Waals surface area contributed by atoms with Gasteiger partial charge < -0.3 is 5.32 Å². The highest BCUT2D eigenvalue weighted by atomic mass is 35.5. The van der Waals surface area contributed by atoms with E-state index < -0.39 is 11.6 Å². The molecular weight excluding hydrogens is 208 g/mol. The second kappa shape index (κ2) is 4.71. The predicted octanol–water partition coefficient (Wildman–Crippen LogP) is 2.81. The molecule has 0 spiro atoms. The smallest absolute Gasteiger partial charge is 0.130 e. The van der Waals surface area contributed by atoms with Crippen molar-refractivity contribution in [2.75, 3.05) is 6.54 Å². The van der Waals surface area contributed by atoms with Crippen LogP contribution in [0.2, 0.25) is 0 Å². The molecule has 1 fully saturated rings. The second-order valence-electron chi connectivity index (χ2n) is 3.28. The molecule has 0 radical (unpaired) electrons. The second-order valence-corrected chi connectivity index (χ2v) is 3.28. The molecule has 0 aromatic heterocycles. The zero-order valence-corrected chi connectivity index (χ0v) is 8.41. The van der Waals surface area contributed by atoms with Crippen molar-refractivity contribution in [2.45, 2.75) is 18.9 Å². The van der Waals surface area contributed by atoms with Gasteiger partial charge in [0.1, 0.15) is 11.6 Å². The topological polar surface area (TPSA) is 12.0 Å². The van der Waals surface area contributed by atoms with Crippen LogP contribution >= 0.6 is 12.4 Å². The van der Waals surface area contributed by atoms with Crippen LogP contribution in [0.4, 0.5) is 8.78 Å². The summed E-state index contributed by atoms with van der Waals surface area (Å²) in [6.45, 7) is 0.846. The van der Waals surface area contributed by atoms with Crippen LogP contribution in [0.25, 0.3) is 0 Å². The van der Waals surface area contributed by atoms with Gasteiger partial charge in [-0.2, -0.15) is 0 Å². The first-order valence-corrected chi connectivity index (χ1v) is 4.46. The van der Waals surface area contributed by atoms with Crippen molar-refractivity contribution in [3.63, 3.8) is 0 Å². The maximum Gasteiger partial charge on any atom is 0.130 e. The minimum absolute atomic E-state index is 0. The molecule has 1 heterocycles. The highest BCUT2D eigenvalue weighted by Crippen LogP contribution is 2.27. The summed E-state index contributed by atoms with van der Waals surface area (Å²) in [6.07, 6.45) is 1.80. The molecule has 1 saturated heterocycles. The van der Waals surface area contributed by atoms with E-state index in [1.54, 1.807) is 0 Å². The van der Waals surface area contributed by atoms with Crippen molar-refractivity contribution < 1.29 is 8.78 Å². The molecule has 1 N–H and O–H groups in total. The van der Waals surface area contributed by atoms with Gasteiger partial charge in [-0.25, -0.2) is 8.78 Å². The fraction of sp³-hybridized carbons (Fsp3) is 0.400. The van der Waals surface area contributed by atoms with Crippen molar-refractivity contribution in [1.29, 1.82) is 0 Å². The Morgan fingerprint density at radius 3 is 2.36 bits per heavy atom. The van der Waals surface area contributed by atoms with Crippen LogP contribution in [0.3, 0.4) is 0 Å². The molecule has 1 aromatic carbocycles. The molecule has 0 unspecified atom stereocenters. The third kappa shape index (κ3) is 2.04. The summed E-state index contributed by atoms with van der Waals surface area (Å²) in [4.78, 5) is 0. The summed E-state index contributed by atoms with van der Waals surface area (Å²) >= 11 is 0. The van der Waals surface area contributed by atoms with E-state index in [2.05, 4.69) is 5.32 Å². The first-order valence-electron chi connectivity index (χ1n) is 4.46. The Morgan fingerprint density at radius 1 is 1.21 bits per heavy atom. The van der Waals surface area contributed by atoms with Gasteiger partial charge in [0, 0.05) is 11.6 Å². The zero-order valence-electron chi connectivity index (χ0n) is 7.59. The minimum atomic E-state index is -0.445. The Labute approximate surface area is 87.9 Å². The van der Waals surface area contributed by atoms with Gasteiger partial charge in [-0.15, -0.1) is 12.4 Å². The Balaban J connectivity index is 0.000000980. The van der Waals surface area contributed by atoms with Crippen molar-refractivity contribution in [1.82, 2.24) is 5.32 Å². The fourth-order valence-electron chi connectivity index (χ4n) is 1.77. The largest absolute Gasteiger partial charge is 0.310 e. The summed E-state index contributed by atoms with van der Waals surface area (Å²) in [7, 11) is 0. The van der Waals surface area contributed by atoms with E-state index in [1.165, 1.54) is 18.2 Å². The number of hydrogen-bond donors (Lipinski definition) is 1. The summed E-state index contributed by atoms with van der Waals surface area (Å²) in [5, 5.41) is 3.07. The van der Waals surface area contributed by atoms with Crippen LogP contribution in [0.1, 0.15) is 24.4 Å². The lowest BCUT2D eigenvalue weighted by atomic mass is 10.0. The molecule has 1 aliphatic heterocycles. The Morgan fingerprint density at radius 2 is 1.86 bits per heavy atom. The average Bonchev–Trinajstić information content (AvgIpc) is 2.57. The average molecular weight is 220 g/mol. The fourth-order valence-corrected chi connectivity index (χ4v) is 1.77. The predicted molar refractivity (Wildman–Crippen MR) is 53.6 cm³/mol. The third-order valence-electron chi connectivity index (χ3n) is 2.41. The maximum absolute atomic E-state index is 13.2. The lowest BCUT2D eigenvalue weighted by molar-refractivity contribution is 0.507. The van der Waals surface area contributed by atoms with E-state index in [0.717, 1.165) is 19.4 Å². The zero-order chi connectivity index (χ0) is 9.26. The summed E-state index contributed by atoms with van der Waals surface area (Å²) in [5.74, 6) is -0.890. The molecular formula is C10H12ClF2N. The SMILES string of the molecule is Cl.Fc1cccc(F)c1[C@H]1CCCN1. The van der Waals surface area contributed by atoms with Gasteiger partial charge in [0.25, 0.3) is 0 Å². The van der Waals surface area contributed by atoms with E-state index in [-0.39, 0.29) is 24.0 Å². The molecule has 0 bridgehead atoms. The highest BCUT2D eigenvalue weighted by Gasteiger charge is 2.22. The van der Waals surface area contributed by atoms with Gasteiger partial charge in [0.15, 0.2) is 0 Å².